The highest BCUT2D eigenvalue weighted by atomic mass is 14.9. The van der Waals surface area contributed by atoms with Gasteiger partial charge in [0.15, 0.2) is 0 Å². The Bertz CT molecular complexity index is 243. The van der Waals surface area contributed by atoms with E-state index in [-0.39, 0.29) is 0 Å². The summed E-state index contributed by atoms with van der Waals surface area (Å²) in [5.41, 5.74) is 2.40. The summed E-state index contributed by atoms with van der Waals surface area (Å²) in [6.07, 6.45) is 4.11. The highest BCUT2D eigenvalue weighted by Crippen LogP contribution is 2.05. The van der Waals surface area contributed by atoms with Crippen LogP contribution in [0.2, 0.25) is 0 Å². The van der Waals surface area contributed by atoms with Gasteiger partial charge in [0, 0.05) is 11.9 Å². The van der Waals surface area contributed by atoms with E-state index in [9.17, 15) is 0 Å². The fourth-order valence-electron chi connectivity index (χ4n) is 1.07. The number of hydrogen-bond donors (Lipinski definition) is 0. The zero-order chi connectivity index (χ0) is 8.27. The van der Waals surface area contributed by atoms with Crippen molar-refractivity contribution in [1.82, 2.24) is 9.97 Å². The van der Waals surface area contributed by atoms with Gasteiger partial charge in [0.05, 0.1) is 0 Å². The summed E-state index contributed by atoms with van der Waals surface area (Å²) >= 11 is 0. The van der Waals surface area contributed by atoms with Crippen molar-refractivity contribution >= 4 is 0 Å². The van der Waals surface area contributed by atoms with Gasteiger partial charge >= 0.3 is 0 Å². The molecule has 0 radical (unpaired) electrons. The Kier molecular flexibility index (Phi) is 2.58. The molecule has 0 aromatic carbocycles. The average molecular weight is 150 g/mol. The zero-order valence-electron chi connectivity index (χ0n) is 7.39. The predicted octanol–water partition coefficient (Wildman–Crippen LogP) is 2.05. The van der Waals surface area contributed by atoms with Gasteiger partial charge in [0.25, 0.3) is 0 Å². The van der Waals surface area contributed by atoms with Crippen LogP contribution in [-0.4, -0.2) is 9.97 Å². The van der Waals surface area contributed by atoms with E-state index in [1.165, 1.54) is 11.3 Å². The van der Waals surface area contributed by atoms with Crippen LogP contribution in [0.15, 0.2) is 6.20 Å². The Morgan fingerprint density at radius 2 is 2.09 bits per heavy atom. The Morgan fingerprint density at radius 1 is 1.36 bits per heavy atom. The van der Waals surface area contributed by atoms with Gasteiger partial charge < -0.3 is 0 Å². The van der Waals surface area contributed by atoms with Crippen molar-refractivity contribution in [2.45, 2.75) is 33.6 Å². The summed E-state index contributed by atoms with van der Waals surface area (Å²) in [5, 5.41) is 0. The first-order valence-corrected chi connectivity index (χ1v) is 4.03. The van der Waals surface area contributed by atoms with Crippen LogP contribution >= 0.6 is 0 Å². The molecular formula is C9H14N2. The molecule has 11 heavy (non-hydrogen) atoms. The number of aromatic nitrogens is 2. The molecule has 2 nitrogen and oxygen atoms in total. The monoisotopic (exact) mass is 150 g/mol. The third kappa shape index (κ3) is 2.00. The van der Waals surface area contributed by atoms with E-state index >= 15 is 0 Å². The van der Waals surface area contributed by atoms with Crippen LogP contribution in [0.3, 0.4) is 0 Å². The molecule has 0 fully saturated rings. The maximum absolute atomic E-state index is 4.35. The normalized spacial score (nSPS) is 10.1. The van der Waals surface area contributed by atoms with Gasteiger partial charge in [-0.15, -0.1) is 0 Å². The maximum Gasteiger partial charge on any atom is 0.125 e. The SMILES string of the molecule is CCCc1nc(C)ncc1C. The molecule has 1 heterocycles. The summed E-state index contributed by atoms with van der Waals surface area (Å²) in [5.74, 6) is 0.874. The lowest BCUT2D eigenvalue weighted by Crippen LogP contribution is -1.97. The van der Waals surface area contributed by atoms with E-state index in [0.29, 0.717) is 0 Å². The van der Waals surface area contributed by atoms with Crippen molar-refractivity contribution in [1.29, 1.82) is 0 Å². The maximum atomic E-state index is 4.35. The average Bonchev–Trinajstić information content (AvgIpc) is 1.98. The van der Waals surface area contributed by atoms with Crippen molar-refractivity contribution in [3.05, 3.63) is 23.3 Å². The summed E-state index contributed by atoms with van der Waals surface area (Å²) in [6, 6.07) is 0. The van der Waals surface area contributed by atoms with E-state index < -0.39 is 0 Å². The second-order valence-corrected chi connectivity index (χ2v) is 2.80. The lowest BCUT2D eigenvalue weighted by molar-refractivity contribution is 0.843. The fraction of sp³-hybridized carbons (Fsp3) is 0.556. The molecule has 1 aromatic heterocycles. The molecule has 1 aromatic rings. The molecule has 60 valence electrons. The summed E-state index contributed by atoms with van der Waals surface area (Å²) in [6.45, 7) is 6.15. The number of rotatable bonds is 2. The second-order valence-electron chi connectivity index (χ2n) is 2.80. The molecule has 0 saturated heterocycles. The largest absolute Gasteiger partial charge is 0.241 e. The standard InChI is InChI=1S/C9H14N2/c1-4-5-9-7(2)6-10-8(3)11-9/h6H,4-5H2,1-3H3. The smallest absolute Gasteiger partial charge is 0.125 e. The molecular weight excluding hydrogens is 136 g/mol. The molecule has 0 saturated carbocycles. The van der Waals surface area contributed by atoms with Gasteiger partial charge in [0.2, 0.25) is 0 Å². The Morgan fingerprint density at radius 3 is 2.73 bits per heavy atom. The highest BCUT2D eigenvalue weighted by molar-refractivity contribution is 5.15. The molecule has 0 unspecified atom stereocenters. The van der Waals surface area contributed by atoms with Gasteiger partial charge in [-0.05, 0) is 25.8 Å². The van der Waals surface area contributed by atoms with Crippen molar-refractivity contribution < 1.29 is 0 Å². The minimum absolute atomic E-state index is 0.874. The van der Waals surface area contributed by atoms with Crippen molar-refractivity contribution in [3.63, 3.8) is 0 Å². The molecule has 0 bridgehead atoms. The van der Waals surface area contributed by atoms with Crippen LogP contribution in [0.4, 0.5) is 0 Å². The van der Waals surface area contributed by atoms with Crippen LogP contribution in [0.25, 0.3) is 0 Å². The first kappa shape index (κ1) is 8.18. The molecule has 0 atom stereocenters. The Balaban J connectivity index is 2.93. The lowest BCUT2D eigenvalue weighted by Gasteiger charge is -2.02. The fourth-order valence-corrected chi connectivity index (χ4v) is 1.07. The van der Waals surface area contributed by atoms with Crippen LogP contribution < -0.4 is 0 Å². The third-order valence-electron chi connectivity index (χ3n) is 1.68. The Hall–Kier alpha value is -0.920. The third-order valence-corrected chi connectivity index (χ3v) is 1.68. The van der Waals surface area contributed by atoms with E-state index in [0.717, 1.165) is 18.7 Å². The van der Waals surface area contributed by atoms with Crippen molar-refractivity contribution in [2.24, 2.45) is 0 Å². The molecule has 2 heteroatoms. The number of hydrogen-bond acceptors (Lipinski definition) is 2. The second kappa shape index (κ2) is 3.46. The molecule has 0 aliphatic heterocycles. The summed E-state index contributed by atoms with van der Waals surface area (Å²) in [7, 11) is 0. The topological polar surface area (TPSA) is 25.8 Å². The molecule has 0 N–H and O–H groups in total. The quantitative estimate of drug-likeness (QED) is 0.644. The van der Waals surface area contributed by atoms with E-state index in [2.05, 4.69) is 23.8 Å². The molecule has 0 spiro atoms. The van der Waals surface area contributed by atoms with Crippen LogP contribution in [0.1, 0.15) is 30.4 Å². The van der Waals surface area contributed by atoms with Crippen LogP contribution in [-0.2, 0) is 6.42 Å². The minimum Gasteiger partial charge on any atom is -0.241 e. The van der Waals surface area contributed by atoms with Gasteiger partial charge in [0.1, 0.15) is 5.82 Å². The molecule has 1 rings (SSSR count). The number of nitrogens with zero attached hydrogens (tertiary/aromatic N) is 2. The minimum atomic E-state index is 0.874. The zero-order valence-corrected chi connectivity index (χ0v) is 7.39. The lowest BCUT2D eigenvalue weighted by atomic mass is 10.2. The molecule has 0 aliphatic rings. The van der Waals surface area contributed by atoms with Crippen molar-refractivity contribution in [3.8, 4) is 0 Å². The summed E-state index contributed by atoms with van der Waals surface area (Å²) < 4.78 is 0. The predicted molar refractivity (Wildman–Crippen MR) is 45.5 cm³/mol. The summed E-state index contributed by atoms with van der Waals surface area (Å²) in [4.78, 5) is 8.46. The first-order valence-electron chi connectivity index (χ1n) is 4.03. The first-order chi connectivity index (χ1) is 5.24. The Labute approximate surface area is 67.7 Å². The van der Waals surface area contributed by atoms with Gasteiger partial charge in [-0.1, -0.05) is 13.3 Å². The number of aryl methyl sites for hydroxylation is 3. The van der Waals surface area contributed by atoms with E-state index in [1.807, 2.05) is 13.1 Å². The molecule has 0 aliphatic carbocycles. The van der Waals surface area contributed by atoms with Gasteiger partial charge in [-0.3, -0.25) is 0 Å². The highest BCUT2D eigenvalue weighted by Gasteiger charge is 1.98. The van der Waals surface area contributed by atoms with Crippen molar-refractivity contribution in [2.75, 3.05) is 0 Å². The van der Waals surface area contributed by atoms with Crippen LogP contribution in [0, 0.1) is 13.8 Å². The van der Waals surface area contributed by atoms with Gasteiger partial charge in [-0.25, -0.2) is 9.97 Å². The van der Waals surface area contributed by atoms with E-state index in [1.54, 1.807) is 0 Å². The van der Waals surface area contributed by atoms with E-state index in [4.69, 9.17) is 0 Å². The molecule has 0 amide bonds. The van der Waals surface area contributed by atoms with Crippen LogP contribution in [0.5, 0.6) is 0 Å². The van der Waals surface area contributed by atoms with Gasteiger partial charge in [-0.2, -0.15) is 0 Å².